The number of likely N-dealkylation sites (tertiary alicyclic amines) is 1. The Hall–Kier alpha value is -2.82. The molecule has 0 aromatic heterocycles. The molecule has 0 radical (unpaired) electrons. The van der Waals surface area contributed by atoms with Crippen LogP contribution in [0.1, 0.15) is 26.2 Å². The number of amides is 2. The number of nitrogen functional groups attached to an aromatic ring is 1. The fourth-order valence-corrected chi connectivity index (χ4v) is 3.20. The van der Waals surface area contributed by atoms with Crippen molar-refractivity contribution in [1.29, 1.82) is 0 Å². The second kappa shape index (κ2) is 7.38. The summed E-state index contributed by atoms with van der Waals surface area (Å²) in [6.07, 6.45) is 2.97. The van der Waals surface area contributed by atoms with Crippen molar-refractivity contribution in [2.24, 2.45) is 0 Å². The third kappa shape index (κ3) is 3.65. The highest BCUT2D eigenvalue weighted by Crippen LogP contribution is 2.27. The first-order valence-corrected chi connectivity index (χ1v) is 8.63. The fourth-order valence-electron chi connectivity index (χ4n) is 3.20. The molecule has 2 aromatic rings. The Morgan fingerprint density at radius 3 is 2.28 bits per heavy atom. The van der Waals surface area contributed by atoms with Gasteiger partial charge in [0.05, 0.1) is 0 Å². The van der Waals surface area contributed by atoms with Gasteiger partial charge in [0.1, 0.15) is 0 Å². The van der Waals surface area contributed by atoms with Crippen LogP contribution in [0.4, 0.5) is 17.1 Å². The largest absolute Gasteiger partial charge is 0.399 e. The minimum atomic E-state index is -0.537. The number of carbonyl (C=O) groups is 2. The number of nitrogens with zero attached hydrogens (tertiary/aromatic N) is 2. The average molecular weight is 337 g/mol. The van der Waals surface area contributed by atoms with Crippen LogP contribution >= 0.6 is 0 Å². The molecule has 0 bridgehead atoms. The number of rotatable bonds is 2. The van der Waals surface area contributed by atoms with Crippen LogP contribution in [-0.4, -0.2) is 29.3 Å². The lowest BCUT2D eigenvalue weighted by atomic mass is 10.0. The number of carbonyl (C=O) groups excluding carboxylic acids is 2. The highest BCUT2D eigenvalue weighted by molar-refractivity contribution is 6.42. The molecule has 5 heteroatoms. The van der Waals surface area contributed by atoms with Crippen molar-refractivity contribution >= 4 is 28.9 Å². The van der Waals surface area contributed by atoms with E-state index >= 15 is 0 Å². The lowest BCUT2D eigenvalue weighted by Crippen LogP contribution is -2.49. The number of nitrogens with two attached hydrogens (primary N) is 1. The maximum absolute atomic E-state index is 13.1. The van der Waals surface area contributed by atoms with Gasteiger partial charge in [-0.3, -0.25) is 14.5 Å². The first-order chi connectivity index (χ1) is 12.1. The van der Waals surface area contributed by atoms with Gasteiger partial charge in [0, 0.05) is 29.6 Å². The number of piperidine rings is 1. The predicted octanol–water partition coefficient (Wildman–Crippen LogP) is 3.33. The Kier molecular flexibility index (Phi) is 5.03. The van der Waals surface area contributed by atoms with Gasteiger partial charge in [0.2, 0.25) is 0 Å². The number of para-hydroxylation sites is 1. The van der Waals surface area contributed by atoms with Gasteiger partial charge in [0.25, 0.3) is 0 Å². The van der Waals surface area contributed by atoms with Crippen LogP contribution in [0.2, 0.25) is 0 Å². The molecule has 3 rings (SSSR count). The van der Waals surface area contributed by atoms with E-state index in [-0.39, 0.29) is 6.04 Å². The minimum Gasteiger partial charge on any atom is -0.399 e. The zero-order valence-electron chi connectivity index (χ0n) is 14.4. The molecule has 2 aromatic carbocycles. The van der Waals surface area contributed by atoms with Gasteiger partial charge >= 0.3 is 11.8 Å². The van der Waals surface area contributed by atoms with Crippen molar-refractivity contribution in [2.45, 2.75) is 32.2 Å². The van der Waals surface area contributed by atoms with Crippen LogP contribution in [0.5, 0.6) is 0 Å². The summed E-state index contributed by atoms with van der Waals surface area (Å²) in [6, 6.07) is 16.3. The zero-order valence-corrected chi connectivity index (χ0v) is 14.4. The molecule has 1 atom stereocenters. The molecule has 1 heterocycles. The maximum atomic E-state index is 13.1. The highest BCUT2D eigenvalue weighted by Gasteiger charge is 2.32. The van der Waals surface area contributed by atoms with E-state index in [9.17, 15) is 9.59 Å². The Morgan fingerprint density at radius 2 is 1.64 bits per heavy atom. The lowest BCUT2D eigenvalue weighted by Gasteiger charge is -2.34. The fraction of sp³-hybridized carbons (Fsp3) is 0.300. The number of hydrogen-bond donors (Lipinski definition) is 1. The van der Waals surface area contributed by atoms with Crippen molar-refractivity contribution < 1.29 is 9.59 Å². The second-order valence-corrected chi connectivity index (χ2v) is 6.41. The van der Waals surface area contributed by atoms with Gasteiger partial charge in [-0.05, 0) is 62.6 Å². The summed E-state index contributed by atoms with van der Waals surface area (Å²) in [6.45, 7) is 2.64. The number of anilines is 3. The van der Waals surface area contributed by atoms with E-state index in [1.54, 1.807) is 29.2 Å². The Balaban J connectivity index is 1.95. The molecule has 2 N–H and O–H groups in total. The minimum absolute atomic E-state index is 0.0919. The van der Waals surface area contributed by atoms with Crippen molar-refractivity contribution in [3.05, 3.63) is 54.6 Å². The standard InChI is InChI=1S/C20H23N3O2/c1-15-7-5-6-14-22(15)19(24)20(25)23(17-8-3-2-4-9-17)18-12-10-16(21)11-13-18/h2-4,8-13,15H,5-7,14,21H2,1H3. The monoisotopic (exact) mass is 337 g/mol. The Bertz CT molecular complexity index is 743. The SMILES string of the molecule is CC1CCCCN1C(=O)C(=O)N(c1ccccc1)c1ccc(N)cc1. The van der Waals surface area contributed by atoms with Crippen molar-refractivity contribution in [3.63, 3.8) is 0 Å². The van der Waals surface area contributed by atoms with Crippen LogP contribution in [0.15, 0.2) is 54.6 Å². The van der Waals surface area contributed by atoms with Crippen LogP contribution in [0.25, 0.3) is 0 Å². The van der Waals surface area contributed by atoms with E-state index in [4.69, 9.17) is 5.73 Å². The predicted molar refractivity (Wildman–Crippen MR) is 99.5 cm³/mol. The molecule has 0 spiro atoms. The summed E-state index contributed by atoms with van der Waals surface area (Å²) < 4.78 is 0. The van der Waals surface area contributed by atoms with Crippen LogP contribution in [-0.2, 0) is 9.59 Å². The Labute approximate surface area is 148 Å². The molecule has 1 aliphatic heterocycles. The van der Waals surface area contributed by atoms with Crippen LogP contribution < -0.4 is 10.6 Å². The molecule has 1 aliphatic rings. The van der Waals surface area contributed by atoms with Gasteiger partial charge in [-0.2, -0.15) is 0 Å². The molecule has 2 amide bonds. The van der Waals surface area contributed by atoms with Crippen molar-refractivity contribution in [3.8, 4) is 0 Å². The summed E-state index contributed by atoms with van der Waals surface area (Å²) in [5.41, 5.74) is 7.66. The van der Waals surface area contributed by atoms with E-state index < -0.39 is 11.8 Å². The van der Waals surface area contributed by atoms with E-state index in [0.29, 0.717) is 23.6 Å². The summed E-state index contributed by atoms with van der Waals surface area (Å²) in [4.78, 5) is 29.1. The zero-order chi connectivity index (χ0) is 17.8. The van der Waals surface area contributed by atoms with Crippen molar-refractivity contribution in [1.82, 2.24) is 4.90 Å². The van der Waals surface area contributed by atoms with Crippen LogP contribution in [0.3, 0.4) is 0 Å². The Morgan fingerprint density at radius 1 is 1.00 bits per heavy atom. The normalized spacial score (nSPS) is 17.2. The lowest BCUT2D eigenvalue weighted by molar-refractivity contribution is -0.146. The van der Waals surface area contributed by atoms with Gasteiger partial charge in [-0.15, -0.1) is 0 Å². The van der Waals surface area contributed by atoms with E-state index in [1.165, 1.54) is 4.90 Å². The van der Waals surface area contributed by atoms with E-state index in [2.05, 4.69) is 0 Å². The number of benzene rings is 2. The highest BCUT2D eigenvalue weighted by atomic mass is 16.2. The van der Waals surface area contributed by atoms with Gasteiger partial charge in [0.15, 0.2) is 0 Å². The van der Waals surface area contributed by atoms with Crippen LogP contribution in [0, 0.1) is 0 Å². The summed E-state index contributed by atoms with van der Waals surface area (Å²) in [5, 5.41) is 0. The first kappa shape index (κ1) is 17.0. The summed E-state index contributed by atoms with van der Waals surface area (Å²) in [5.74, 6) is -0.988. The molecule has 1 unspecified atom stereocenters. The molecule has 25 heavy (non-hydrogen) atoms. The molecular formula is C20H23N3O2. The molecule has 1 saturated heterocycles. The van der Waals surface area contributed by atoms with Gasteiger partial charge in [-0.1, -0.05) is 18.2 Å². The summed E-state index contributed by atoms with van der Waals surface area (Å²) in [7, 11) is 0. The molecule has 5 nitrogen and oxygen atoms in total. The molecule has 0 saturated carbocycles. The maximum Gasteiger partial charge on any atom is 0.321 e. The average Bonchev–Trinajstić information content (AvgIpc) is 2.64. The number of hydrogen-bond acceptors (Lipinski definition) is 3. The van der Waals surface area contributed by atoms with E-state index in [0.717, 1.165) is 19.3 Å². The van der Waals surface area contributed by atoms with Gasteiger partial charge in [-0.25, -0.2) is 0 Å². The third-order valence-electron chi connectivity index (χ3n) is 4.62. The quantitative estimate of drug-likeness (QED) is 0.675. The first-order valence-electron chi connectivity index (χ1n) is 8.63. The topological polar surface area (TPSA) is 66.6 Å². The molecule has 130 valence electrons. The van der Waals surface area contributed by atoms with Gasteiger partial charge < -0.3 is 10.6 Å². The second-order valence-electron chi connectivity index (χ2n) is 6.41. The molecule has 0 aliphatic carbocycles. The molecular weight excluding hydrogens is 314 g/mol. The van der Waals surface area contributed by atoms with E-state index in [1.807, 2.05) is 37.3 Å². The smallest absolute Gasteiger partial charge is 0.321 e. The summed E-state index contributed by atoms with van der Waals surface area (Å²) >= 11 is 0. The molecule has 1 fully saturated rings. The van der Waals surface area contributed by atoms with Crippen molar-refractivity contribution in [2.75, 3.05) is 17.2 Å². The third-order valence-corrected chi connectivity index (χ3v) is 4.62.